The largest absolute Gasteiger partial charge is 0.508 e. The van der Waals surface area contributed by atoms with E-state index in [-0.39, 0.29) is 54.5 Å². The third kappa shape index (κ3) is 24.0. The van der Waals surface area contributed by atoms with Gasteiger partial charge in [-0.3, -0.25) is 28.8 Å². The molecule has 0 saturated carbocycles. The lowest BCUT2D eigenvalue weighted by atomic mass is 9.71. The average Bonchev–Trinajstić information content (AvgIpc) is 0.806. The molecule has 6 rings (SSSR count). The van der Waals surface area contributed by atoms with E-state index >= 15 is 0 Å². The minimum Gasteiger partial charge on any atom is -0.508 e. The van der Waals surface area contributed by atoms with E-state index in [2.05, 4.69) is 13.2 Å². The lowest BCUT2D eigenvalue weighted by molar-refractivity contribution is -0.157. The van der Waals surface area contributed by atoms with Crippen LogP contribution in [0.4, 0.5) is 0 Å². The predicted molar refractivity (Wildman–Crippen MR) is 367 cm³/mol. The molecule has 13 heteroatoms. The van der Waals surface area contributed by atoms with Crippen molar-refractivity contribution >= 4 is 59.7 Å². The monoisotopic (exact) mass is 1240 g/mol. The molecule has 0 fully saturated rings. The number of aromatic hydroxyl groups is 3. The smallest absolute Gasteiger partial charge is 0.311 e. The summed E-state index contributed by atoms with van der Waals surface area (Å²) in [6.45, 7) is 28.9. The Labute approximate surface area is 542 Å². The van der Waals surface area contributed by atoms with Gasteiger partial charge in [0.15, 0.2) is 23.8 Å². The van der Waals surface area contributed by atoms with E-state index in [0.29, 0.717) is 41.1 Å². The molecule has 0 bridgehead atoms. The van der Waals surface area contributed by atoms with Crippen molar-refractivity contribution in [2.75, 3.05) is 0 Å². The molecule has 0 amide bonds. The summed E-state index contributed by atoms with van der Waals surface area (Å²) in [7, 11) is 0. The maximum Gasteiger partial charge on any atom is 0.311 e. The molecule has 2 unspecified atom stereocenters. The first kappa shape index (κ1) is 72.6. The Morgan fingerprint density at radius 1 is 0.457 bits per heavy atom. The molecular weight excluding hydrogens is 1160 g/mol. The summed E-state index contributed by atoms with van der Waals surface area (Å²) in [6, 6.07) is 23.3. The number of benzene rings is 4. The summed E-state index contributed by atoms with van der Waals surface area (Å²) >= 11 is 0. The summed E-state index contributed by atoms with van der Waals surface area (Å²) in [5.41, 5.74) is 10.5. The van der Waals surface area contributed by atoms with Gasteiger partial charge in [0, 0.05) is 18.9 Å². The number of rotatable bonds is 24. The number of ether oxygens (including phenoxy) is 4. The van der Waals surface area contributed by atoms with Gasteiger partial charge in [-0.15, -0.1) is 0 Å². The van der Waals surface area contributed by atoms with Crippen molar-refractivity contribution in [3.05, 3.63) is 256 Å². The zero-order valence-electron chi connectivity index (χ0n) is 54.7. The zero-order valence-corrected chi connectivity index (χ0v) is 54.7. The number of phenols is 3. The molecule has 0 aliphatic heterocycles. The van der Waals surface area contributed by atoms with Crippen LogP contribution in [-0.4, -0.2) is 63.0 Å². The van der Waals surface area contributed by atoms with Gasteiger partial charge in [0.1, 0.15) is 28.7 Å². The Hall–Kier alpha value is -10.1. The SMILES string of the molecule is C=C/C=C(C)/C=C/C=C(C)/C=C/C1=C(C)C(=O)C(OC(=O)CCC(=O)Oc2ccc(/C=C/c3cc(C)cc(O)c3)cc2)CC1(C)C.C=C/C=C(C)/C=C/C=C(C)/C=C/C1=C(C)C(=O)C(OC(=O)CCC(=O)Oc2ccc(/C=C/c3cc(O)cc(O)c3)cc2)CC1(C)C. The van der Waals surface area contributed by atoms with Crippen molar-refractivity contribution in [3.8, 4) is 28.7 Å². The highest BCUT2D eigenvalue weighted by Gasteiger charge is 2.41. The van der Waals surface area contributed by atoms with E-state index in [4.69, 9.17) is 18.9 Å². The van der Waals surface area contributed by atoms with Crippen molar-refractivity contribution < 1.29 is 63.0 Å². The number of carbonyl (C=O) groups is 6. The van der Waals surface area contributed by atoms with E-state index in [9.17, 15) is 44.1 Å². The Morgan fingerprint density at radius 2 is 0.793 bits per heavy atom. The third-order valence-electron chi connectivity index (χ3n) is 15.0. The fourth-order valence-electron chi connectivity index (χ4n) is 10.2. The normalized spacial score (nSPS) is 17.2. The summed E-state index contributed by atoms with van der Waals surface area (Å²) in [6.07, 6.45) is 32.5. The van der Waals surface area contributed by atoms with Crippen molar-refractivity contribution in [1.82, 2.24) is 0 Å². The second-order valence-corrected chi connectivity index (χ2v) is 24.1. The van der Waals surface area contributed by atoms with Gasteiger partial charge < -0.3 is 34.3 Å². The Kier molecular flexibility index (Phi) is 27.4. The second-order valence-electron chi connectivity index (χ2n) is 24.1. The van der Waals surface area contributed by atoms with E-state index in [1.165, 1.54) is 18.2 Å². The second kappa shape index (κ2) is 34.7. The molecule has 480 valence electrons. The van der Waals surface area contributed by atoms with Crippen LogP contribution in [0.15, 0.2) is 228 Å². The van der Waals surface area contributed by atoms with Crippen LogP contribution in [0.5, 0.6) is 28.7 Å². The minimum absolute atomic E-state index is 0.0412. The molecule has 0 saturated heterocycles. The first-order valence-electron chi connectivity index (χ1n) is 30.4. The van der Waals surface area contributed by atoms with Crippen LogP contribution in [0.2, 0.25) is 0 Å². The quantitative estimate of drug-likeness (QED) is 0.0259. The molecular formula is C79H86O13. The number of Topliss-reactive ketones (excluding diaryl/α,β-unsaturated/α-hetero) is 2. The number of ketones is 2. The molecule has 92 heavy (non-hydrogen) atoms. The van der Waals surface area contributed by atoms with Gasteiger partial charge in [-0.05, 0) is 158 Å². The van der Waals surface area contributed by atoms with Crippen molar-refractivity contribution in [3.63, 3.8) is 0 Å². The minimum atomic E-state index is -0.917. The summed E-state index contributed by atoms with van der Waals surface area (Å²) in [5.74, 6) is -2.09. The number of phenolic OH excluding ortho intramolecular Hbond substituents is 3. The molecule has 3 N–H and O–H groups in total. The third-order valence-corrected chi connectivity index (χ3v) is 15.0. The molecule has 2 aliphatic carbocycles. The molecule has 2 aliphatic rings. The first-order chi connectivity index (χ1) is 43.5. The van der Waals surface area contributed by atoms with Crippen LogP contribution in [-0.2, 0) is 38.2 Å². The number of hydrogen-bond acceptors (Lipinski definition) is 13. The van der Waals surface area contributed by atoms with Crippen molar-refractivity contribution in [1.29, 1.82) is 0 Å². The van der Waals surface area contributed by atoms with Gasteiger partial charge in [-0.2, -0.15) is 0 Å². The maximum absolute atomic E-state index is 13.2. The molecule has 0 heterocycles. The van der Waals surface area contributed by atoms with Gasteiger partial charge in [0.25, 0.3) is 0 Å². The number of esters is 4. The van der Waals surface area contributed by atoms with E-state index < -0.39 is 46.9 Å². The Bertz CT molecular complexity index is 3490. The van der Waals surface area contributed by atoms with Gasteiger partial charge >= 0.3 is 23.9 Å². The molecule has 2 atom stereocenters. The van der Waals surface area contributed by atoms with Crippen molar-refractivity contribution in [2.45, 2.75) is 127 Å². The number of carbonyl (C=O) groups excluding carboxylic acids is 6. The van der Waals surface area contributed by atoms with Gasteiger partial charge in [0.2, 0.25) is 0 Å². The van der Waals surface area contributed by atoms with Gasteiger partial charge in [-0.25, -0.2) is 0 Å². The van der Waals surface area contributed by atoms with Crippen LogP contribution < -0.4 is 9.47 Å². The summed E-state index contributed by atoms with van der Waals surface area (Å²) in [4.78, 5) is 76.4. The van der Waals surface area contributed by atoms with E-state index in [1.807, 2.05) is 153 Å². The first-order valence-corrected chi connectivity index (χ1v) is 30.4. The van der Waals surface area contributed by atoms with Gasteiger partial charge in [-0.1, -0.05) is 203 Å². The molecule has 4 aromatic carbocycles. The van der Waals surface area contributed by atoms with E-state index in [0.717, 1.165) is 55.7 Å². The Balaban J connectivity index is 0.000000334. The lowest BCUT2D eigenvalue weighted by Gasteiger charge is -2.36. The number of allylic oxidation sites excluding steroid dienone is 20. The average molecular weight is 1240 g/mol. The molecule has 13 nitrogen and oxygen atoms in total. The highest BCUT2D eigenvalue weighted by Crippen LogP contribution is 2.42. The topological polar surface area (TPSA) is 200 Å². The van der Waals surface area contributed by atoms with Crippen LogP contribution >= 0.6 is 0 Å². The predicted octanol–water partition coefficient (Wildman–Crippen LogP) is 17.3. The lowest BCUT2D eigenvalue weighted by Crippen LogP contribution is -2.39. The van der Waals surface area contributed by atoms with E-state index in [1.54, 1.807) is 98.8 Å². The molecule has 0 radical (unpaired) electrons. The van der Waals surface area contributed by atoms with Gasteiger partial charge in [0.05, 0.1) is 25.7 Å². The standard InChI is InChI=1S/C40H44O6.C39H42O7/c1-8-10-27(2)11-9-12-28(3)13-20-35-30(5)39(44)36(26-40(35,6)7)46-38(43)22-21-37(42)45-34-18-16-31(17-19-34)14-15-32-23-29(4)24-33(41)25-32;1-7-9-26(2)10-8-11-27(3)12-19-34-28(4)38(44)35(25-39(34,5)6)46-37(43)21-20-36(42)45-33-17-15-29(16-18-33)13-14-30-22-31(40)24-32(41)23-30/h8-20,23-25,36,41H,1,21-22,26H2,2-7H3;7-19,22-24,35,40-41H,1,20-21,25H2,2-6H3/b11-9+,15-14+,20-13+,27-10+,28-12+;10-8+,14-13+,19-12+,26-9+,27-11+. The fraction of sp³-hybridized carbons (Fsp3) is 0.266. The fourth-order valence-corrected chi connectivity index (χ4v) is 10.2. The summed E-state index contributed by atoms with van der Waals surface area (Å²) in [5, 5.41) is 29.0. The van der Waals surface area contributed by atoms with Crippen LogP contribution in [0.1, 0.15) is 136 Å². The molecule has 0 spiro atoms. The van der Waals surface area contributed by atoms with Crippen LogP contribution in [0.25, 0.3) is 24.3 Å². The number of hydrogen-bond donors (Lipinski definition) is 3. The highest BCUT2D eigenvalue weighted by molar-refractivity contribution is 6.02. The molecule has 0 aromatic heterocycles. The Morgan fingerprint density at radius 3 is 1.16 bits per heavy atom. The van der Waals surface area contributed by atoms with Crippen LogP contribution in [0.3, 0.4) is 0 Å². The van der Waals surface area contributed by atoms with Crippen LogP contribution in [0, 0.1) is 17.8 Å². The summed E-state index contributed by atoms with van der Waals surface area (Å²) < 4.78 is 21.8. The molecule has 4 aromatic rings. The number of aryl methyl sites for hydroxylation is 1. The van der Waals surface area contributed by atoms with Crippen molar-refractivity contribution in [2.24, 2.45) is 10.8 Å². The highest BCUT2D eigenvalue weighted by atomic mass is 16.6. The zero-order chi connectivity index (χ0) is 67.7. The maximum atomic E-state index is 13.2.